The lowest BCUT2D eigenvalue weighted by atomic mass is 10.0. The van der Waals surface area contributed by atoms with Crippen LogP contribution in [0.15, 0.2) is 24.3 Å². The molecule has 0 unspecified atom stereocenters. The highest BCUT2D eigenvalue weighted by Gasteiger charge is 2.27. The molecular weight excluding hydrogens is 314 g/mol. The van der Waals surface area contributed by atoms with Crippen LogP contribution in [-0.2, 0) is 15.9 Å². The standard InChI is InChI=1S/C20H31N3O2/c1-2-17(14-18(3-1)23-8-6-21-7-9-23)15-19-4-5-20(25-19)16-22-10-12-24-13-11-22/h1-3,14,19-21H,4-13,15-16H2/t19-,20+/m1/s1. The summed E-state index contributed by atoms with van der Waals surface area (Å²) in [5.74, 6) is 0. The largest absolute Gasteiger partial charge is 0.379 e. The van der Waals surface area contributed by atoms with Crippen LogP contribution in [0.3, 0.4) is 0 Å². The van der Waals surface area contributed by atoms with Gasteiger partial charge < -0.3 is 19.7 Å². The van der Waals surface area contributed by atoms with Gasteiger partial charge in [-0.05, 0) is 37.0 Å². The fourth-order valence-electron chi connectivity index (χ4n) is 4.20. The molecule has 1 aromatic rings. The first kappa shape index (κ1) is 17.3. The molecule has 2 atom stereocenters. The number of ether oxygens (including phenoxy) is 2. The second-order valence-electron chi connectivity index (χ2n) is 7.48. The predicted molar refractivity (Wildman–Crippen MR) is 100 cm³/mol. The van der Waals surface area contributed by atoms with Crippen molar-refractivity contribution in [3.63, 3.8) is 0 Å². The molecule has 0 aliphatic carbocycles. The first-order valence-electron chi connectivity index (χ1n) is 9.87. The Morgan fingerprint density at radius 3 is 2.64 bits per heavy atom. The summed E-state index contributed by atoms with van der Waals surface area (Å²) in [7, 11) is 0. The number of anilines is 1. The summed E-state index contributed by atoms with van der Waals surface area (Å²) in [6, 6.07) is 9.06. The van der Waals surface area contributed by atoms with Gasteiger partial charge in [-0.25, -0.2) is 0 Å². The van der Waals surface area contributed by atoms with Crippen LogP contribution in [0.5, 0.6) is 0 Å². The Morgan fingerprint density at radius 1 is 1.00 bits per heavy atom. The van der Waals surface area contributed by atoms with E-state index in [1.807, 2.05) is 0 Å². The average molecular weight is 345 g/mol. The summed E-state index contributed by atoms with van der Waals surface area (Å²) in [5.41, 5.74) is 2.77. The van der Waals surface area contributed by atoms with Gasteiger partial charge in [0, 0.05) is 51.5 Å². The molecule has 3 aliphatic rings. The number of piperazine rings is 1. The van der Waals surface area contributed by atoms with Gasteiger partial charge in [-0.15, -0.1) is 0 Å². The van der Waals surface area contributed by atoms with Crippen molar-refractivity contribution in [2.75, 3.05) is 63.9 Å². The summed E-state index contributed by atoms with van der Waals surface area (Å²) in [6.07, 6.45) is 4.20. The van der Waals surface area contributed by atoms with Crippen molar-refractivity contribution in [3.05, 3.63) is 29.8 Å². The second-order valence-corrected chi connectivity index (χ2v) is 7.48. The van der Waals surface area contributed by atoms with E-state index in [2.05, 4.69) is 39.4 Å². The number of hydrogen-bond donors (Lipinski definition) is 1. The van der Waals surface area contributed by atoms with E-state index < -0.39 is 0 Å². The minimum atomic E-state index is 0.379. The number of nitrogens with zero attached hydrogens (tertiary/aromatic N) is 2. The van der Waals surface area contributed by atoms with Crippen LogP contribution in [0.4, 0.5) is 5.69 Å². The second kappa shape index (κ2) is 8.49. The number of hydrogen-bond acceptors (Lipinski definition) is 5. The van der Waals surface area contributed by atoms with Gasteiger partial charge in [0.1, 0.15) is 0 Å². The molecule has 1 aromatic carbocycles. The molecule has 5 nitrogen and oxygen atoms in total. The number of benzene rings is 1. The van der Waals surface area contributed by atoms with Gasteiger partial charge in [0.15, 0.2) is 0 Å². The minimum absolute atomic E-state index is 0.379. The van der Waals surface area contributed by atoms with Gasteiger partial charge in [-0.3, -0.25) is 4.90 Å². The third kappa shape index (κ3) is 4.73. The van der Waals surface area contributed by atoms with E-state index in [1.165, 1.54) is 24.1 Å². The summed E-state index contributed by atoms with van der Waals surface area (Å²) in [4.78, 5) is 4.97. The Morgan fingerprint density at radius 2 is 1.80 bits per heavy atom. The molecule has 138 valence electrons. The highest BCUT2D eigenvalue weighted by Crippen LogP contribution is 2.25. The molecule has 0 radical (unpaired) electrons. The number of morpholine rings is 1. The van der Waals surface area contributed by atoms with Crippen LogP contribution in [0.25, 0.3) is 0 Å². The lowest BCUT2D eigenvalue weighted by molar-refractivity contribution is -0.0108. The summed E-state index contributed by atoms with van der Waals surface area (Å²) >= 11 is 0. The van der Waals surface area contributed by atoms with Gasteiger partial charge in [0.25, 0.3) is 0 Å². The van der Waals surface area contributed by atoms with Crippen LogP contribution < -0.4 is 10.2 Å². The van der Waals surface area contributed by atoms with Crippen LogP contribution >= 0.6 is 0 Å². The maximum Gasteiger partial charge on any atom is 0.0706 e. The van der Waals surface area contributed by atoms with Crippen LogP contribution in [0.1, 0.15) is 18.4 Å². The first-order valence-corrected chi connectivity index (χ1v) is 9.87. The molecule has 1 N–H and O–H groups in total. The molecule has 3 aliphatic heterocycles. The average Bonchev–Trinajstić information content (AvgIpc) is 3.10. The molecule has 0 aromatic heterocycles. The van der Waals surface area contributed by atoms with Crippen LogP contribution in [-0.4, -0.2) is 76.1 Å². The van der Waals surface area contributed by atoms with E-state index in [0.717, 1.165) is 65.4 Å². The molecule has 3 fully saturated rings. The van der Waals surface area contributed by atoms with Crippen molar-refractivity contribution >= 4 is 5.69 Å². The zero-order chi connectivity index (χ0) is 16.9. The highest BCUT2D eigenvalue weighted by molar-refractivity contribution is 5.49. The molecule has 4 rings (SSSR count). The topological polar surface area (TPSA) is 37.0 Å². The van der Waals surface area contributed by atoms with Crippen molar-refractivity contribution in [1.29, 1.82) is 0 Å². The van der Waals surface area contributed by atoms with Gasteiger partial charge in [0.05, 0.1) is 25.4 Å². The van der Waals surface area contributed by atoms with Crippen molar-refractivity contribution in [3.8, 4) is 0 Å². The first-order chi connectivity index (χ1) is 12.4. The lowest BCUT2D eigenvalue weighted by Gasteiger charge is -2.30. The Hall–Kier alpha value is -1.14. The van der Waals surface area contributed by atoms with Crippen LogP contribution in [0, 0.1) is 0 Å². The van der Waals surface area contributed by atoms with Crippen molar-refractivity contribution < 1.29 is 9.47 Å². The van der Waals surface area contributed by atoms with Crippen LogP contribution in [0.2, 0.25) is 0 Å². The molecule has 3 heterocycles. The number of nitrogens with one attached hydrogen (secondary N) is 1. The smallest absolute Gasteiger partial charge is 0.0706 e. The molecule has 0 saturated carbocycles. The minimum Gasteiger partial charge on any atom is -0.379 e. The summed E-state index contributed by atoms with van der Waals surface area (Å²) in [5, 5.41) is 3.42. The normalized spacial score (nSPS) is 28.4. The quantitative estimate of drug-likeness (QED) is 0.876. The predicted octanol–water partition coefficient (Wildman–Crippen LogP) is 1.52. The fourth-order valence-corrected chi connectivity index (χ4v) is 4.20. The Kier molecular flexibility index (Phi) is 5.87. The third-order valence-electron chi connectivity index (χ3n) is 5.62. The van der Waals surface area contributed by atoms with E-state index in [9.17, 15) is 0 Å². The van der Waals surface area contributed by atoms with Crippen molar-refractivity contribution in [2.24, 2.45) is 0 Å². The molecule has 3 saturated heterocycles. The lowest BCUT2D eigenvalue weighted by Crippen LogP contribution is -2.43. The van der Waals surface area contributed by atoms with E-state index in [1.54, 1.807) is 0 Å². The molecule has 0 spiro atoms. The molecule has 0 amide bonds. The molecule has 25 heavy (non-hydrogen) atoms. The number of rotatable bonds is 5. The van der Waals surface area contributed by atoms with Crippen molar-refractivity contribution in [1.82, 2.24) is 10.2 Å². The Labute approximate surface area is 151 Å². The summed E-state index contributed by atoms with van der Waals surface area (Å²) < 4.78 is 11.8. The van der Waals surface area contributed by atoms with Gasteiger partial charge in [-0.1, -0.05) is 12.1 Å². The fraction of sp³-hybridized carbons (Fsp3) is 0.700. The zero-order valence-corrected chi connectivity index (χ0v) is 15.2. The van der Waals surface area contributed by atoms with Gasteiger partial charge in [0.2, 0.25) is 0 Å². The maximum atomic E-state index is 6.35. The van der Waals surface area contributed by atoms with E-state index in [4.69, 9.17) is 9.47 Å². The van der Waals surface area contributed by atoms with Gasteiger partial charge >= 0.3 is 0 Å². The Bertz CT molecular complexity index is 541. The SMILES string of the molecule is c1cc(C[C@H]2CC[C@@H](CN3CCOCC3)O2)cc(N2CCNCC2)c1. The maximum absolute atomic E-state index is 6.35. The zero-order valence-electron chi connectivity index (χ0n) is 15.2. The highest BCUT2D eigenvalue weighted by atomic mass is 16.5. The monoisotopic (exact) mass is 345 g/mol. The van der Waals surface area contributed by atoms with Crippen molar-refractivity contribution in [2.45, 2.75) is 31.5 Å². The Balaban J connectivity index is 1.29. The molecular formula is C20H31N3O2. The van der Waals surface area contributed by atoms with Gasteiger partial charge in [-0.2, -0.15) is 0 Å². The summed E-state index contributed by atoms with van der Waals surface area (Å²) in [6.45, 7) is 9.29. The van der Waals surface area contributed by atoms with E-state index in [0.29, 0.717) is 12.2 Å². The van der Waals surface area contributed by atoms with E-state index in [-0.39, 0.29) is 0 Å². The molecule has 0 bridgehead atoms. The third-order valence-corrected chi connectivity index (χ3v) is 5.62. The van der Waals surface area contributed by atoms with E-state index >= 15 is 0 Å². The molecule has 5 heteroatoms.